The molecule has 0 spiro atoms. The van der Waals surface area contributed by atoms with Crippen molar-refractivity contribution in [1.82, 2.24) is 0 Å². The summed E-state index contributed by atoms with van der Waals surface area (Å²) >= 11 is 7.77. The molecule has 1 heterocycles. The van der Waals surface area contributed by atoms with E-state index in [4.69, 9.17) is 16.3 Å². The Morgan fingerprint density at radius 1 is 1.26 bits per heavy atom. The summed E-state index contributed by atoms with van der Waals surface area (Å²) in [4.78, 5) is 0.989. The number of rotatable bonds is 3. The van der Waals surface area contributed by atoms with E-state index in [9.17, 15) is 5.11 Å². The Labute approximate surface area is 121 Å². The maximum absolute atomic E-state index is 9.82. The number of ether oxygens (including phenoxy) is 1. The number of aliphatic hydroxyl groups is 1. The largest absolute Gasteiger partial charge is 0.489 e. The SMILES string of the molecule is O[C@@H]1COc2c(SCc3ccccc3)cc(Cl)cc21. The third kappa shape index (κ3) is 2.73. The quantitative estimate of drug-likeness (QED) is 0.865. The first-order valence-electron chi connectivity index (χ1n) is 6.05. The van der Waals surface area contributed by atoms with Crippen molar-refractivity contribution < 1.29 is 9.84 Å². The summed E-state index contributed by atoms with van der Waals surface area (Å²) in [7, 11) is 0. The van der Waals surface area contributed by atoms with Gasteiger partial charge in [0.25, 0.3) is 0 Å². The lowest BCUT2D eigenvalue weighted by atomic mass is 10.1. The molecule has 0 aromatic heterocycles. The van der Waals surface area contributed by atoms with Crippen LogP contribution in [0.5, 0.6) is 5.75 Å². The molecule has 0 amide bonds. The molecule has 98 valence electrons. The zero-order valence-electron chi connectivity index (χ0n) is 10.2. The van der Waals surface area contributed by atoms with Crippen molar-refractivity contribution >= 4 is 23.4 Å². The van der Waals surface area contributed by atoms with E-state index in [0.717, 1.165) is 22.0 Å². The lowest BCUT2D eigenvalue weighted by molar-refractivity contribution is 0.140. The van der Waals surface area contributed by atoms with E-state index in [1.807, 2.05) is 24.3 Å². The second-order valence-electron chi connectivity index (χ2n) is 4.42. The van der Waals surface area contributed by atoms with Gasteiger partial charge in [0, 0.05) is 16.3 Å². The Morgan fingerprint density at radius 2 is 2.05 bits per heavy atom. The molecule has 0 bridgehead atoms. The highest BCUT2D eigenvalue weighted by molar-refractivity contribution is 7.98. The summed E-state index contributed by atoms with van der Waals surface area (Å²) in [5.74, 6) is 1.63. The molecule has 2 aromatic carbocycles. The van der Waals surface area contributed by atoms with Gasteiger partial charge in [-0.15, -0.1) is 11.8 Å². The first-order chi connectivity index (χ1) is 9.24. The molecule has 1 aliphatic heterocycles. The van der Waals surface area contributed by atoms with E-state index in [2.05, 4.69) is 12.1 Å². The monoisotopic (exact) mass is 292 g/mol. The van der Waals surface area contributed by atoms with Crippen LogP contribution in [-0.2, 0) is 5.75 Å². The fourth-order valence-electron chi connectivity index (χ4n) is 2.09. The van der Waals surface area contributed by atoms with E-state index in [1.54, 1.807) is 17.8 Å². The fraction of sp³-hybridized carbons (Fsp3) is 0.200. The van der Waals surface area contributed by atoms with Gasteiger partial charge >= 0.3 is 0 Å². The predicted octanol–water partition coefficient (Wildman–Crippen LogP) is 4.06. The van der Waals surface area contributed by atoms with Crippen LogP contribution in [0.15, 0.2) is 47.4 Å². The van der Waals surface area contributed by atoms with Crippen molar-refractivity contribution in [2.75, 3.05) is 6.61 Å². The Morgan fingerprint density at radius 3 is 2.84 bits per heavy atom. The van der Waals surface area contributed by atoms with Gasteiger partial charge in [-0.2, -0.15) is 0 Å². The average molecular weight is 293 g/mol. The van der Waals surface area contributed by atoms with Crippen LogP contribution in [0.1, 0.15) is 17.2 Å². The van der Waals surface area contributed by atoms with Gasteiger partial charge in [-0.1, -0.05) is 41.9 Å². The van der Waals surface area contributed by atoms with Gasteiger partial charge in [-0.3, -0.25) is 0 Å². The Kier molecular flexibility index (Phi) is 3.69. The number of hydrogen-bond acceptors (Lipinski definition) is 3. The topological polar surface area (TPSA) is 29.5 Å². The first-order valence-corrected chi connectivity index (χ1v) is 7.41. The van der Waals surface area contributed by atoms with Crippen LogP contribution in [0.4, 0.5) is 0 Å². The van der Waals surface area contributed by atoms with E-state index in [0.29, 0.717) is 11.6 Å². The van der Waals surface area contributed by atoms with Crippen LogP contribution in [0.25, 0.3) is 0 Å². The molecule has 0 saturated carbocycles. The molecular weight excluding hydrogens is 280 g/mol. The number of halogens is 1. The minimum Gasteiger partial charge on any atom is -0.489 e. The van der Waals surface area contributed by atoms with Gasteiger partial charge in [0.05, 0.1) is 4.90 Å². The normalized spacial score (nSPS) is 17.1. The average Bonchev–Trinajstić information content (AvgIpc) is 2.79. The molecule has 0 unspecified atom stereocenters. The molecule has 0 saturated heterocycles. The number of hydrogen-bond donors (Lipinski definition) is 1. The third-order valence-corrected chi connectivity index (χ3v) is 4.34. The summed E-state index contributed by atoms with van der Waals surface area (Å²) < 4.78 is 5.56. The molecule has 0 fully saturated rings. The number of fused-ring (bicyclic) bond motifs is 1. The van der Waals surface area contributed by atoms with Crippen molar-refractivity contribution in [1.29, 1.82) is 0 Å². The van der Waals surface area contributed by atoms with Gasteiger partial charge in [0.1, 0.15) is 18.5 Å². The maximum atomic E-state index is 9.82. The van der Waals surface area contributed by atoms with Gasteiger partial charge < -0.3 is 9.84 Å². The molecule has 0 radical (unpaired) electrons. The van der Waals surface area contributed by atoms with Gasteiger partial charge in [-0.25, -0.2) is 0 Å². The molecule has 1 atom stereocenters. The molecule has 2 aromatic rings. The van der Waals surface area contributed by atoms with Crippen LogP contribution in [0.2, 0.25) is 5.02 Å². The van der Waals surface area contributed by atoms with E-state index < -0.39 is 6.10 Å². The molecule has 4 heteroatoms. The summed E-state index contributed by atoms with van der Waals surface area (Å²) in [6.07, 6.45) is -0.565. The van der Waals surface area contributed by atoms with Gasteiger partial charge in [0.15, 0.2) is 0 Å². The Bertz CT molecular complexity index is 586. The number of thioether (sulfide) groups is 1. The van der Waals surface area contributed by atoms with Crippen LogP contribution in [0.3, 0.4) is 0 Å². The number of aliphatic hydroxyl groups excluding tert-OH is 1. The summed E-state index contributed by atoms with van der Waals surface area (Å²) in [6.45, 7) is 0.314. The molecular formula is C15H13ClO2S. The smallest absolute Gasteiger partial charge is 0.139 e. The van der Waals surface area contributed by atoms with E-state index in [1.165, 1.54) is 5.56 Å². The van der Waals surface area contributed by atoms with Gasteiger partial charge in [0.2, 0.25) is 0 Å². The highest BCUT2D eigenvalue weighted by Crippen LogP contribution is 2.43. The summed E-state index contributed by atoms with van der Waals surface area (Å²) in [5, 5.41) is 10.5. The Balaban J connectivity index is 1.84. The fourth-order valence-corrected chi connectivity index (χ4v) is 3.41. The Hall–Kier alpha value is -1.16. The van der Waals surface area contributed by atoms with Crippen molar-refractivity contribution in [3.63, 3.8) is 0 Å². The highest BCUT2D eigenvalue weighted by atomic mass is 35.5. The van der Waals surface area contributed by atoms with E-state index >= 15 is 0 Å². The van der Waals surface area contributed by atoms with Crippen molar-refractivity contribution in [3.8, 4) is 5.75 Å². The minimum atomic E-state index is -0.565. The molecule has 1 N–H and O–H groups in total. The third-order valence-electron chi connectivity index (χ3n) is 3.03. The predicted molar refractivity (Wildman–Crippen MR) is 77.9 cm³/mol. The van der Waals surface area contributed by atoms with Crippen molar-refractivity contribution in [3.05, 3.63) is 58.6 Å². The van der Waals surface area contributed by atoms with Crippen LogP contribution in [-0.4, -0.2) is 11.7 Å². The van der Waals surface area contributed by atoms with E-state index in [-0.39, 0.29) is 0 Å². The minimum absolute atomic E-state index is 0.314. The second-order valence-corrected chi connectivity index (χ2v) is 5.88. The second kappa shape index (κ2) is 5.45. The summed E-state index contributed by atoms with van der Waals surface area (Å²) in [6, 6.07) is 13.9. The molecule has 19 heavy (non-hydrogen) atoms. The highest BCUT2D eigenvalue weighted by Gasteiger charge is 2.25. The first kappa shape index (κ1) is 12.9. The zero-order valence-corrected chi connectivity index (χ0v) is 11.7. The summed E-state index contributed by atoms with van der Waals surface area (Å²) in [5.41, 5.74) is 2.04. The van der Waals surface area contributed by atoms with Crippen LogP contribution in [0, 0.1) is 0 Å². The van der Waals surface area contributed by atoms with Gasteiger partial charge in [-0.05, 0) is 17.7 Å². The van der Waals surface area contributed by atoms with Crippen LogP contribution >= 0.6 is 23.4 Å². The molecule has 2 nitrogen and oxygen atoms in total. The molecule has 3 rings (SSSR count). The van der Waals surface area contributed by atoms with Crippen molar-refractivity contribution in [2.45, 2.75) is 16.8 Å². The zero-order chi connectivity index (χ0) is 13.2. The van der Waals surface area contributed by atoms with Crippen LogP contribution < -0.4 is 4.74 Å². The lowest BCUT2D eigenvalue weighted by Crippen LogP contribution is -1.97. The maximum Gasteiger partial charge on any atom is 0.139 e. The van der Waals surface area contributed by atoms with Crippen molar-refractivity contribution in [2.24, 2.45) is 0 Å². The molecule has 0 aliphatic carbocycles. The standard InChI is InChI=1S/C15H13ClO2S/c16-11-6-12-13(17)8-18-15(12)14(7-11)19-9-10-4-2-1-3-5-10/h1-7,13,17H,8-9H2/t13-/m1/s1. The number of benzene rings is 2. The lowest BCUT2D eigenvalue weighted by Gasteiger charge is -2.08. The molecule has 1 aliphatic rings.